The SMILES string of the molecule is COc1cc(C=NOCC(=O)NC23CC4CC(CC(C4)C2)C3)ccc1OC(F)F. The maximum atomic E-state index is 12.4. The summed E-state index contributed by atoms with van der Waals surface area (Å²) in [5.74, 6) is 2.22. The van der Waals surface area contributed by atoms with Gasteiger partial charge in [0.25, 0.3) is 5.91 Å². The summed E-state index contributed by atoms with van der Waals surface area (Å²) >= 11 is 0. The van der Waals surface area contributed by atoms with Crippen LogP contribution >= 0.6 is 0 Å². The number of hydrogen-bond acceptors (Lipinski definition) is 5. The molecule has 0 saturated heterocycles. The lowest BCUT2D eigenvalue weighted by Crippen LogP contribution is -2.60. The van der Waals surface area contributed by atoms with Gasteiger partial charge in [0.1, 0.15) is 0 Å². The van der Waals surface area contributed by atoms with Gasteiger partial charge in [0.05, 0.1) is 13.3 Å². The molecular formula is C21H26F2N2O4. The molecule has 0 radical (unpaired) electrons. The third kappa shape index (κ3) is 4.62. The molecule has 1 N–H and O–H groups in total. The fourth-order valence-corrected chi connectivity index (χ4v) is 5.75. The topological polar surface area (TPSA) is 69.2 Å². The van der Waals surface area contributed by atoms with E-state index in [0.29, 0.717) is 5.56 Å². The van der Waals surface area contributed by atoms with Gasteiger partial charge in [-0.1, -0.05) is 5.16 Å². The molecule has 0 unspecified atom stereocenters. The Bertz CT molecular complexity index is 749. The normalized spacial score (nSPS) is 30.0. The Labute approximate surface area is 168 Å². The molecule has 1 aromatic rings. The van der Waals surface area contributed by atoms with Crippen LogP contribution in [0.1, 0.15) is 44.1 Å². The molecule has 4 bridgehead atoms. The Morgan fingerprint density at radius 2 is 1.86 bits per heavy atom. The molecule has 0 aromatic heterocycles. The first-order chi connectivity index (χ1) is 13.9. The van der Waals surface area contributed by atoms with Crippen molar-refractivity contribution in [1.29, 1.82) is 0 Å². The zero-order valence-corrected chi connectivity index (χ0v) is 16.4. The number of amides is 1. The van der Waals surface area contributed by atoms with Gasteiger partial charge in [-0.25, -0.2) is 0 Å². The second-order valence-corrected chi connectivity index (χ2v) is 8.54. The quantitative estimate of drug-likeness (QED) is 0.526. The van der Waals surface area contributed by atoms with E-state index in [-0.39, 0.29) is 29.6 Å². The third-order valence-corrected chi connectivity index (χ3v) is 6.32. The van der Waals surface area contributed by atoms with E-state index in [1.807, 2.05) is 0 Å². The molecule has 0 atom stereocenters. The third-order valence-electron chi connectivity index (χ3n) is 6.32. The highest BCUT2D eigenvalue weighted by Gasteiger charge is 2.51. The predicted octanol–water partition coefficient (Wildman–Crippen LogP) is 3.73. The zero-order chi connectivity index (χ0) is 20.4. The molecule has 6 nitrogen and oxygen atoms in total. The smallest absolute Gasteiger partial charge is 0.387 e. The van der Waals surface area contributed by atoms with Gasteiger partial charge in [0.2, 0.25) is 0 Å². The summed E-state index contributed by atoms with van der Waals surface area (Å²) in [4.78, 5) is 17.5. The van der Waals surface area contributed by atoms with E-state index in [1.165, 1.54) is 44.7 Å². The van der Waals surface area contributed by atoms with Crippen molar-refractivity contribution in [1.82, 2.24) is 5.32 Å². The minimum Gasteiger partial charge on any atom is -0.493 e. The van der Waals surface area contributed by atoms with E-state index >= 15 is 0 Å². The second-order valence-electron chi connectivity index (χ2n) is 8.54. The number of methoxy groups -OCH3 is 1. The van der Waals surface area contributed by atoms with E-state index in [1.54, 1.807) is 6.07 Å². The van der Waals surface area contributed by atoms with Gasteiger partial charge < -0.3 is 19.6 Å². The van der Waals surface area contributed by atoms with Crippen molar-refractivity contribution in [3.05, 3.63) is 23.8 Å². The van der Waals surface area contributed by atoms with Gasteiger partial charge in [-0.15, -0.1) is 0 Å². The lowest BCUT2D eigenvalue weighted by atomic mass is 9.53. The van der Waals surface area contributed by atoms with E-state index in [9.17, 15) is 13.6 Å². The molecular weight excluding hydrogens is 382 g/mol. The number of ether oxygens (including phenoxy) is 2. The lowest BCUT2D eigenvalue weighted by molar-refractivity contribution is -0.131. The first kappa shape index (κ1) is 19.9. The molecule has 158 valence electrons. The minimum atomic E-state index is -2.93. The monoisotopic (exact) mass is 408 g/mol. The second kappa shape index (κ2) is 8.16. The molecule has 4 aliphatic carbocycles. The number of rotatable bonds is 8. The molecule has 0 spiro atoms. The number of nitrogens with one attached hydrogen (secondary N) is 1. The van der Waals surface area contributed by atoms with Gasteiger partial charge >= 0.3 is 6.61 Å². The van der Waals surface area contributed by atoms with Crippen molar-refractivity contribution in [2.24, 2.45) is 22.9 Å². The number of hydrogen-bond donors (Lipinski definition) is 1. The van der Waals surface area contributed by atoms with Crippen LogP contribution in [0.2, 0.25) is 0 Å². The first-order valence-electron chi connectivity index (χ1n) is 10.0. The summed E-state index contributed by atoms with van der Waals surface area (Å²) in [6.07, 6.45) is 8.61. The molecule has 4 fully saturated rings. The number of halogens is 2. The van der Waals surface area contributed by atoms with Gasteiger partial charge in [-0.3, -0.25) is 4.79 Å². The van der Waals surface area contributed by atoms with E-state index < -0.39 is 6.61 Å². The number of oxime groups is 1. The van der Waals surface area contributed by atoms with Crippen molar-refractivity contribution in [3.8, 4) is 11.5 Å². The molecule has 8 heteroatoms. The number of nitrogens with zero attached hydrogens (tertiary/aromatic N) is 1. The molecule has 29 heavy (non-hydrogen) atoms. The Morgan fingerprint density at radius 1 is 1.21 bits per heavy atom. The number of carbonyl (C=O) groups is 1. The molecule has 0 aliphatic heterocycles. The molecule has 1 aromatic carbocycles. The largest absolute Gasteiger partial charge is 0.493 e. The fraction of sp³-hybridized carbons (Fsp3) is 0.619. The Morgan fingerprint density at radius 3 is 2.45 bits per heavy atom. The molecule has 1 amide bonds. The van der Waals surface area contributed by atoms with E-state index in [0.717, 1.165) is 37.0 Å². The van der Waals surface area contributed by atoms with Gasteiger partial charge in [0.15, 0.2) is 18.1 Å². The van der Waals surface area contributed by atoms with Crippen LogP contribution in [0.25, 0.3) is 0 Å². The van der Waals surface area contributed by atoms with Crippen LogP contribution in [0.15, 0.2) is 23.4 Å². The summed E-state index contributed by atoms with van der Waals surface area (Å²) in [6, 6.07) is 4.41. The summed E-state index contributed by atoms with van der Waals surface area (Å²) in [6.45, 7) is -3.08. The van der Waals surface area contributed by atoms with Gasteiger partial charge in [-0.05, 0) is 74.5 Å². The molecule has 0 heterocycles. The van der Waals surface area contributed by atoms with E-state index in [2.05, 4.69) is 15.2 Å². The Hall–Kier alpha value is -2.38. The van der Waals surface area contributed by atoms with Crippen molar-refractivity contribution in [3.63, 3.8) is 0 Å². The summed E-state index contributed by atoms with van der Waals surface area (Å²) < 4.78 is 34.2. The Balaban J connectivity index is 1.28. The van der Waals surface area contributed by atoms with Crippen LogP contribution in [-0.2, 0) is 9.63 Å². The van der Waals surface area contributed by atoms with Crippen LogP contribution < -0.4 is 14.8 Å². The minimum absolute atomic E-state index is 0.0488. The Kier molecular flexibility index (Phi) is 5.61. The van der Waals surface area contributed by atoms with Crippen molar-refractivity contribution < 1.29 is 27.9 Å². The van der Waals surface area contributed by atoms with Crippen molar-refractivity contribution in [2.75, 3.05) is 13.7 Å². The van der Waals surface area contributed by atoms with Crippen LogP contribution in [0.3, 0.4) is 0 Å². The van der Waals surface area contributed by atoms with Crippen molar-refractivity contribution >= 4 is 12.1 Å². The van der Waals surface area contributed by atoms with E-state index in [4.69, 9.17) is 9.57 Å². The molecule has 4 aliphatic rings. The average molecular weight is 408 g/mol. The summed E-state index contributed by atoms with van der Waals surface area (Å²) in [5, 5.41) is 7.03. The maximum Gasteiger partial charge on any atom is 0.387 e. The van der Waals surface area contributed by atoms with Crippen LogP contribution in [0.4, 0.5) is 8.78 Å². The highest BCUT2D eigenvalue weighted by molar-refractivity contribution is 5.81. The molecule has 5 rings (SSSR count). The summed E-state index contributed by atoms with van der Waals surface area (Å²) in [7, 11) is 1.36. The van der Waals surface area contributed by atoms with Crippen LogP contribution in [-0.4, -0.2) is 38.0 Å². The maximum absolute atomic E-state index is 12.4. The average Bonchev–Trinajstić information content (AvgIpc) is 2.64. The van der Waals surface area contributed by atoms with Crippen molar-refractivity contribution in [2.45, 2.75) is 50.7 Å². The number of alkyl halides is 2. The zero-order valence-electron chi connectivity index (χ0n) is 16.4. The fourth-order valence-electron chi connectivity index (χ4n) is 5.75. The molecule has 4 saturated carbocycles. The number of carbonyl (C=O) groups excluding carboxylic acids is 1. The lowest BCUT2D eigenvalue weighted by Gasteiger charge is -2.56. The highest BCUT2D eigenvalue weighted by Crippen LogP contribution is 2.55. The standard InChI is InChI=1S/C21H26F2N2O4/c1-27-18-7-13(2-3-17(18)29-20(22)23)11-24-28-12-19(26)25-21-8-14-4-15(9-21)6-16(5-14)10-21/h2-3,7,11,14-16,20H,4-6,8-10,12H2,1H3,(H,25,26). The number of benzene rings is 1. The van der Waals surface area contributed by atoms with Gasteiger partial charge in [0, 0.05) is 11.1 Å². The van der Waals surface area contributed by atoms with Gasteiger partial charge in [-0.2, -0.15) is 8.78 Å². The highest BCUT2D eigenvalue weighted by atomic mass is 19.3. The first-order valence-corrected chi connectivity index (χ1v) is 10.0. The van der Waals surface area contributed by atoms with Crippen LogP contribution in [0.5, 0.6) is 11.5 Å². The van der Waals surface area contributed by atoms with Crippen LogP contribution in [0, 0.1) is 17.8 Å². The predicted molar refractivity (Wildman–Crippen MR) is 102 cm³/mol. The summed E-state index contributed by atoms with van der Waals surface area (Å²) in [5.41, 5.74) is 0.525.